The van der Waals surface area contributed by atoms with Crippen LogP contribution in [-0.4, -0.2) is 65.9 Å². The molecule has 0 bridgehead atoms. The summed E-state index contributed by atoms with van der Waals surface area (Å²) in [5.41, 5.74) is 0.361. The summed E-state index contributed by atoms with van der Waals surface area (Å²) >= 11 is 11.5. The van der Waals surface area contributed by atoms with Crippen LogP contribution in [0.3, 0.4) is 0 Å². The minimum atomic E-state index is -0.516. The quantitative estimate of drug-likeness (QED) is 0.575. The molecule has 8 heteroatoms. The molecule has 0 spiro atoms. The highest BCUT2D eigenvalue weighted by atomic mass is 35.5. The van der Waals surface area contributed by atoms with Crippen molar-refractivity contribution in [3.8, 4) is 0 Å². The number of carbonyl (C=O) groups is 1. The average molecular weight is 429 g/mol. The van der Waals surface area contributed by atoms with Gasteiger partial charge in [-0.1, -0.05) is 25.4 Å². The summed E-state index contributed by atoms with van der Waals surface area (Å²) in [6.07, 6.45) is -0.423. The van der Waals surface area contributed by atoms with Crippen molar-refractivity contribution in [3.63, 3.8) is 0 Å². The molecule has 0 saturated heterocycles. The Labute approximate surface area is 179 Å². The van der Waals surface area contributed by atoms with E-state index in [0.717, 1.165) is 31.9 Å². The zero-order valence-electron chi connectivity index (χ0n) is 17.5. The summed E-state index contributed by atoms with van der Waals surface area (Å²) in [4.78, 5) is 16.3. The Kier molecular flexibility index (Phi) is 10.6. The van der Waals surface area contributed by atoms with E-state index in [-0.39, 0.29) is 0 Å². The lowest BCUT2D eigenvalue weighted by Crippen LogP contribution is -2.45. The van der Waals surface area contributed by atoms with Gasteiger partial charge in [-0.15, -0.1) is 0 Å². The summed E-state index contributed by atoms with van der Waals surface area (Å²) in [6, 6.07) is 7.40. The van der Waals surface area contributed by atoms with Gasteiger partial charge < -0.3 is 25.2 Å². The zero-order chi connectivity index (χ0) is 21.2. The van der Waals surface area contributed by atoms with Crippen LogP contribution >= 0.6 is 23.8 Å². The van der Waals surface area contributed by atoms with Gasteiger partial charge in [0.2, 0.25) is 0 Å². The maximum Gasteiger partial charge on any atom is 0.407 e. The van der Waals surface area contributed by atoms with Gasteiger partial charge in [-0.05, 0) is 70.3 Å². The Morgan fingerprint density at radius 2 is 1.71 bits per heavy atom. The van der Waals surface area contributed by atoms with Crippen molar-refractivity contribution in [1.29, 1.82) is 0 Å². The van der Waals surface area contributed by atoms with E-state index in [4.69, 9.17) is 28.6 Å². The fourth-order valence-corrected chi connectivity index (χ4v) is 2.89. The second-order valence-corrected chi connectivity index (χ2v) is 8.20. The van der Waals surface area contributed by atoms with Gasteiger partial charge in [-0.3, -0.25) is 0 Å². The number of carbonyl (C=O) groups excluding carboxylic acids is 1. The number of ether oxygens (including phenoxy) is 1. The molecular weight excluding hydrogens is 396 g/mol. The maximum absolute atomic E-state index is 11.9. The van der Waals surface area contributed by atoms with E-state index in [1.165, 1.54) is 0 Å². The highest BCUT2D eigenvalue weighted by Crippen LogP contribution is 2.14. The third-order valence-electron chi connectivity index (χ3n) is 4.01. The lowest BCUT2D eigenvalue weighted by molar-refractivity contribution is 0.0525. The molecule has 1 amide bonds. The number of alkyl carbamates (subject to hydrolysis) is 1. The van der Waals surface area contributed by atoms with Gasteiger partial charge in [0.25, 0.3) is 0 Å². The van der Waals surface area contributed by atoms with E-state index in [1.54, 1.807) is 0 Å². The highest BCUT2D eigenvalue weighted by molar-refractivity contribution is 7.80. The Morgan fingerprint density at radius 1 is 1.11 bits per heavy atom. The van der Waals surface area contributed by atoms with Crippen LogP contribution in [-0.2, 0) is 4.74 Å². The molecule has 1 aromatic carbocycles. The summed E-state index contributed by atoms with van der Waals surface area (Å²) < 4.78 is 5.28. The predicted octanol–water partition coefficient (Wildman–Crippen LogP) is 4.21. The second-order valence-electron chi connectivity index (χ2n) is 7.38. The zero-order valence-corrected chi connectivity index (χ0v) is 19.1. The number of anilines is 1. The second kappa shape index (κ2) is 12.1. The van der Waals surface area contributed by atoms with Crippen molar-refractivity contribution in [2.24, 2.45) is 0 Å². The molecule has 0 atom stereocenters. The third-order valence-corrected chi connectivity index (χ3v) is 4.63. The molecule has 0 aliphatic heterocycles. The maximum atomic E-state index is 11.9. The molecule has 6 nitrogen and oxygen atoms in total. The number of hydrogen-bond acceptors (Lipinski definition) is 4. The first-order valence-electron chi connectivity index (χ1n) is 9.65. The van der Waals surface area contributed by atoms with Gasteiger partial charge in [0, 0.05) is 36.9 Å². The number of amides is 1. The normalized spacial score (nSPS) is 11.2. The standard InChI is InChI=1S/C20H33ClN4O2S/c1-6-24(7-2)14-15-25(13-12-22-19(26)27-20(3,4)5)18(28)23-17-10-8-16(21)9-11-17/h8-11H,6-7,12-15H2,1-5H3,(H,22,26)(H,23,28). The summed E-state index contributed by atoms with van der Waals surface area (Å²) in [6.45, 7) is 14.4. The van der Waals surface area contributed by atoms with E-state index in [2.05, 4.69) is 34.3 Å². The number of nitrogens with one attached hydrogen (secondary N) is 2. The lowest BCUT2D eigenvalue weighted by atomic mass is 10.2. The molecule has 0 saturated carbocycles. The third kappa shape index (κ3) is 10.1. The predicted molar refractivity (Wildman–Crippen MR) is 121 cm³/mol. The molecule has 158 valence electrons. The number of rotatable bonds is 9. The monoisotopic (exact) mass is 428 g/mol. The van der Waals surface area contributed by atoms with Crippen LogP contribution in [0.2, 0.25) is 5.02 Å². The van der Waals surface area contributed by atoms with Gasteiger partial charge in [0.15, 0.2) is 5.11 Å². The molecular formula is C20H33ClN4O2S. The van der Waals surface area contributed by atoms with Crippen LogP contribution in [0.5, 0.6) is 0 Å². The fraction of sp³-hybridized carbons (Fsp3) is 0.600. The van der Waals surface area contributed by atoms with Gasteiger partial charge >= 0.3 is 6.09 Å². The van der Waals surface area contributed by atoms with Crippen LogP contribution in [0, 0.1) is 0 Å². The lowest BCUT2D eigenvalue weighted by Gasteiger charge is -2.29. The Bertz CT molecular complexity index is 616. The van der Waals surface area contributed by atoms with Crippen LogP contribution in [0.1, 0.15) is 34.6 Å². The summed E-state index contributed by atoms with van der Waals surface area (Å²) in [5, 5.41) is 7.32. The topological polar surface area (TPSA) is 56.8 Å². The molecule has 0 fully saturated rings. The molecule has 0 radical (unpaired) electrons. The van der Waals surface area contributed by atoms with E-state index in [1.807, 2.05) is 45.0 Å². The average Bonchev–Trinajstić information content (AvgIpc) is 2.61. The van der Waals surface area contributed by atoms with Crippen molar-refractivity contribution in [3.05, 3.63) is 29.3 Å². The Hall–Kier alpha value is -1.57. The molecule has 0 aromatic heterocycles. The van der Waals surface area contributed by atoms with Crippen LogP contribution < -0.4 is 10.6 Å². The van der Waals surface area contributed by atoms with Gasteiger partial charge in [0.05, 0.1) is 0 Å². The van der Waals surface area contributed by atoms with Crippen molar-refractivity contribution in [2.45, 2.75) is 40.2 Å². The molecule has 2 N–H and O–H groups in total. The van der Waals surface area contributed by atoms with Gasteiger partial charge in [0.1, 0.15) is 5.60 Å². The number of halogens is 1. The molecule has 28 heavy (non-hydrogen) atoms. The Balaban J connectivity index is 2.65. The van der Waals surface area contributed by atoms with E-state index in [9.17, 15) is 4.79 Å². The van der Waals surface area contributed by atoms with Crippen LogP contribution in [0.4, 0.5) is 10.5 Å². The molecule has 0 aliphatic carbocycles. The smallest absolute Gasteiger partial charge is 0.407 e. The first-order valence-corrected chi connectivity index (χ1v) is 10.4. The number of hydrogen-bond donors (Lipinski definition) is 2. The fourth-order valence-electron chi connectivity index (χ4n) is 2.46. The van der Waals surface area contributed by atoms with E-state index in [0.29, 0.717) is 23.2 Å². The minimum absolute atomic E-state index is 0.423. The SMILES string of the molecule is CCN(CC)CCN(CCNC(=O)OC(C)(C)C)C(=S)Nc1ccc(Cl)cc1. The largest absolute Gasteiger partial charge is 0.444 e. The first kappa shape index (κ1) is 24.5. The van der Waals surface area contributed by atoms with Crippen molar-refractivity contribution >= 4 is 40.7 Å². The highest BCUT2D eigenvalue weighted by Gasteiger charge is 2.17. The van der Waals surface area contributed by atoms with Crippen molar-refractivity contribution < 1.29 is 9.53 Å². The van der Waals surface area contributed by atoms with E-state index >= 15 is 0 Å². The molecule has 1 aromatic rings. The molecule has 0 heterocycles. The van der Waals surface area contributed by atoms with Crippen LogP contribution in [0.15, 0.2) is 24.3 Å². The van der Waals surface area contributed by atoms with Crippen molar-refractivity contribution in [1.82, 2.24) is 15.1 Å². The number of thiocarbonyl (C=S) groups is 1. The number of benzene rings is 1. The Morgan fingerprint density at radius 3 is 2.25 bits per heavy atom. The molecule has 1 rings (SSSR count). The first-order chi connectivity index (χ1) is 13.1. The number of nitrogens with zero attached hydrogens (tertiary/aromatic N) is 2. The van der Waals surface area contributed by atoms with Gasteiger partial charge in [-0.2, -0.15) is 0 Å². The number of likely N-dealkylation sites (N-methyl/N-ethyl adjacent to an activating group) is 1. The minimum Gasteiger partial charge on any atom is -0.444 e. The van der Waals surface area contributed by atoms with E-state index < -0.39 is 11.7 Å². The van der Waals surface area contributed by atoms with Crippen LogP contribution in [0.25, 0.3) is 0 Å². The molecule has 0 unspecified atom stereocenters. The van der Waals surface area contributed by atoms with Gasteiger partial charge in [-0.25, -0.2) is 4.79 Å². The summed E-state index contributed by atoms with van der Waals surface area (Å²) in [7, 11) is 0. The van der Waals surface area contributed by atoms with Crippen molar-refractivity contribution in [2.75, 3.05) is 44.6 Å². The summed E-state index contributed by atoms with van der Waals surface area (Å²) in [5.74, 6) is 0. The molecule has 0 aliphatic rings.